The van der Waals surface area contributed by atoms with Gasteiger partial charge in [0.05, 0.1) is 7.11 Å². The number of rotatable bonds is 7. The summed E-state index contributed by atoms with van der Waals surface area (Å²) in [4.78, 5) is 18.4. The van der Waals surface area contributed by atoms with E-state index in [1.54, 1.807) is 0 Å². The van der Waals surface area contributed by atoms with Gasteiger partial charge >= 0.3 is 0 Å². The minimum absolute atomic E-state index is 0.284. The summed E-state index contributed by atoms with van der Waals surface area (Å²) in [5.74, 6) is 0.601. The van der Waals surface area contributed by atoms with Crippen LogP contribution in [-0.2, 0) is 4.79 Å². The van der Waals surface area contributed by atoms with E-state index in [9.17, 15) is 4.79 Å². The zero-order valence-electron chi connectivity index (χ0n) is 9.77. The lowest BCUT2D eigenvalue weighted by Gasteiger charge is -2.09. The number of anilines is 2. The summed E-state index contributed by atoms with van der Waals surface area (Å²) in [6.07, 6.45) is 3.32. The third-order valence-corrected chi connectivity index (χ3v) is 2.18. The van der Waals surface area contributed by atoms with Crippen molar-refractivity contribution in [3.05, 3.63) is 6.33 Å². The molecule has 1 heterocycles. The highest BCUT2D eigenvalue weighted by Gasteiger charge is 2.07. The number of unbranched alkanes of at least 4 members (excludes halogenated alkanes) is 1. The van der Waals surface area contributed by atoms with E-state index < -0.39 is 0 Å². The number of aromatic nitrogens is 2. The van der Waals surface area contributed by atoms with Crippen molar-refractivity contribution in [1.82, 2.24) is 9.97 Å². The summed E-state index contributed by atoms with van der Waals surface area (Å²) in [5, 5.41) is 3.05. The third kappa shape index (κ3) is 4.13. The van der Waals surface area contributed by atoms with E-state index in [1.807, 2.05) is 0 Å². The van der Waals surface area contributed by atoms with E-state index in [1.165, 1.54) is 13.4 Å². The Morgan fingerprint density at radius 2 is 2.24 bits per heavy atom. The Kier molecular flexibility index (Phi) is 4.99. The molecular formula is C10H17N5O2. The highest BCUT2D eigenvalue weighted by molar-refractivity contribution is 5.73. The number of hydrogen-bond acceptors (Lipinski definition) is 6. The lowest BCUT2D eigenvalue weighted by molar-refractivity contribution is -0.118. The fourth-order valence-electron chi connectivity index (χ4n) is 1.31. The number of nitrogens with one attached hydrogen (secondary N) is 1. The van der Waals surface area contributed by atoms with E-state index in [0.717, 1.165) is 12.8 Å². The molecular weight excluding hydrogens is 222 g/mol. The minimum Gasteiger partial charge on any atom is -0.479 e. The van der Waals surface area contributed by atoms with Crippen LogP contribution in [0.1, 0.15) is 19.3 Å². The number of nitrogen functional groups attached to an aromatic ring is 1. The molecule has 94 valence electrons. The molecule has 0 spiro atoms. The first-order valence-electron chi connectivity index (χ1n) is 5.31. The van der Waals surface area contributed by atoms with Crippen LogP contribution in [0.15, 0.2) is 6.33 Å². The average Bonchev–Trinajstić information content (AvgIpc) is 2.30. The van der Waals surface area contributed by atoms with Crippen LogP contribution in [0, 0.1) is 0 Å². The molecule has 0 radical (unpaired) electrons. The van der Waals surface area contributed by atoms with Gasteiger partial charge in [0.25, 0.3) is 0 Å². The third-order valence-electron chi connectivity index (χ3n) is 2.18. The summed E-state index contributed by atoms with van der Waals surface area (Å²) in [5.41, 5.74) is 11.2. The van der Waals surface area contributed by atoms with E-state index in [0.29, 0.717) is 30.4 Å². The number of primary amides is 1. The second-order valence-corrected chi connectivity index (χ2v) is 3.50. The van der Waals surface area contributed by atoms with Crippen LogP contribution in [0.5, 0.6) is 5.88 Å². The monoisotopic (exact) mass is 239 g/mol. The van der Waals surface area contributed by atoms with Crippen molar-refractivity contribution in [1.29, 1.82) is 0 Å². The molecule has 0 unspecified atom stereocenters. The van der Waals surface area contributed by atoms with Crippen LogP contribution in [0.2, 0.25) is 0 Å². The highest BCUT2D eigenvalue weighted by Crippen LogP contribution is 2.23. The first-order chi connectivity index (χ1) is 8.15. The van der Waals surface area contributed by atoms with Crippen LogP contribution in [0.3, 0.4) is 0 Å². The standard InChI is InChI=1S/C10H17N5O2/c1-17-10-8(12)9(14-6-15-10)13-5-3-2-4-7(11)16/h6H,2-5,12H2,1H3,(H2,11,16)(H,13,14,15). The average molecular weight is 239 g/mol. The van der Waals surface area contributed by atoms with Gasteiger partial charge in [-0.15, -0.1) is 0 Å². The van der Waals surface area contributed by atoms with Crippen LogP contribution in [0.25, 0.3) is 0 Å². The molecule has 7 nitrogen and oxygen atoms in total. The molecule has 0 saturated heterocycles. The van der Waals surface area contributed by atoms with Gasteiger partial charge in [-0.25, -0.2) is 4.98 Å². The number of carbonyl (C=O) groups is 1. The fraction of sp³-hybridized carbons (Fsp3) is 0.500. The van der Waals surface area contributed by atoms with Gasteiger partial charge in [-0.1, -0.05) is 0 Å². The predicted molar refractivity (Wildman–Crippen MR) is 64.5 cm³/mol. The summed E-state index contributed by atoms with van der Waals surface area (Å²) < 4.78 is 4.97. The Hall–Kier alpha value is -2.05. The number of ether oxygens (including phenoxy) is 1. The zero-order chi connectivity index (χ0) is 12.7. The lowest BCUT2D eigenvalue weighted by atomic mass is 10.2. The number of nitrogens with two attached hydrogens (primary N) is 2. The molecule has 1 amide bonds. The predicted octanol–water partition coefficient (Wildman–Crippen LogP) is 0.135. The largest absolute Gasteiger partial charge is 0.479 e. The summed E-state index contributed by atoms with van der Waals surface area (Å²) in [6.45, 7) is 0.664. The van der Waals surface area contributed by atoms with Crippen LogP contribution >= 0.6 is 0 Å². The second kappa shape index (κ2) is 6.51. The molecule has 5 N–H and O–H groups in total. The SMILES string of the molecule is COc1ncnc(NCCCCC(N)=O)c1N. The van der Waals surface area contributed by atoms with Gasteiger partial charge in [0, 0.05) is 13.0 Å². The maximum atomic E-state index is 10.5. The molecule has 0 saturated carbocycles. The zero-order valence-corrected chi connectivity index (χ0v) is 9.77. The molecule has 0 atom stereocenters. The molecule has 0 aliphatic rings. The molecule has 1 rings (SSSR count). The van der Waals surface area contributed by atoms with Crippen molar-refractivity contribution in [3.8, 4) is 5.88 Å². The summed E-state index contributed by atoms with van der Waals surface area (Å²) >= 11 is 0. The van der Waals surface area contributed by atoms with Crippen molar-refractivity contribution < 1.29 is 9.53 Å². The molecule has 1 aromatic rings. The maximum absolute atomic E-state index is 10.5. The minimum atomic E-state index is -0.284. The number of nitrogens with zero attached hydrogens (tertiary/aromatic N) is 2. The summed E-state index contributed by atoms with van der Waals surface area (Å²) in [7, 11) is 1.50. The molecule has 0 bridgehead atoms. The number of hydrogen-bond donors (Lipinski definition) is 3. The van der Waals surface area contributed by atoms with Crippen molar-refractivity contribution in [2.24, 2.45) is 5.73 Å². The van der Waals surface area contributed by atoms with E-state index >= 15 is 0 Å². The Morgan fingerprint density at radius 1 is 1.47 bits per heavy atom. The van der Waals surface area contributed by atoms with Gasteiger partial charge in [0.2, 0.25) is 11.8 Å². The van der Waals surface area contributed by atoms with Crippen molar-refractivity contribution in [3.63, 3.8) is 0 Å². The van der Waals surface area contributed by atoms with Gasteiger partial charge in [-0.3, -0.25) is 4.79 Å². The van der Waals surface area contributed by atoms with Crippen LogP contribution in [-0.4, -0.2) is 29.5 Å². The molecule has 0 aliphatic carbocycles. The summed E-state index contributed by atoms with van der Waals surface area (Å²) in [6, 6.07) is 0. The topological polar surface area (TPSA) is 116 Å². The van der Waals surface area contributed by atoms with E-state index in [2.05, 4.69) is 15.3 Å². The lowest BCUT2D eigenvalue weighted by Crippen LogP contribution is -2.12. The first-order valence-corrected chi connectivity index (χ1v) is 5.31. The number of methoxy groups -OCH3 is 1. The Labute approximate surface area is 99.6 Å². The second-order valence-electron chi connectivity index (χ2n) is 3.50. The molecule has 0 fully saturated rings. The fourth-order valence-corrected chi connectivity index (χ4v) is 1.31. The number of carbonyl (C=O) groups excluding carboxylic acids is 1. The molecule has 0 aromatic carbocycles. The maximum Gasteiger partial charge on any atom is 0.242 e. The van der Waals surface area contributed by atoms with Crippen molar-refractivity contribution >= 4 is 17.4 Å². The smallest absolute Gasteiger partial charge is 0.242 e. The van der Waals surface area contributed by atoms with Gasteiger partial charge in [-0.05, 0) is 12.8 Å². The van der Waals surface area contributed by atoms with Gasteiger partial charge < -0.3 is 21.5 Å². The highest BCUT2D eigenvalue weighted by atomic mass is 16.5. The van der Waals surface area contributed by atoms with Crippen molar-refractivity contribution in [2.45, 2.75) is 19.3 Å². The quantitative estimate of drug-likeness (QED) is 0.582. The van der Waals surface area contributed by atoms with Gasteiger partial charge in [-0.2, -0.15) is 4.98 Å². The van der Waals surface area contributed by atoms with E-state index in [-0.39, 0.29) is 5.91 Å². The first kappa shape index (κ1) is 13.0. The van der Waals surface area contributed by atoms with E-state index in [4.69, 9.17) is 16.2 Å². The van der Waals surface area contributed by atoms with Crippen LogP contribution < -0.4 is 21.5 Å². The Bertz CT molecular complexity index is 383. The van der Waals surface area contributed by atoms with Crippen molar-refractivity contribution in [2.75, 3.05) is 24.7 Å². The Morgan fingerprint density at radius 3 is 2.88 bits per heavy atom. The molecule has 0 aliphatic heterocycles. The van der Waals surface area contributed by atoms with Gasteiger partial charge in [0.15, 0.2) is 5.82 Å². The number of amides is 1. The Balaban J connectivity index is 2.39. The molecule has 17 heavy (non-hydrogen) atoms. The molecule has 7 heteroatoms. The van der Waals surface area contributed by atoms with Gasteiger partial charge in [0.1, 0.15) is 12.0 Å². The van der Waals surface area contributed by atoms with Crippen LogP contribution in [0.4, 0.5) is 11.5 Å². The normalized spacial score (nSPS) is 9.94. The molecule has 1 aromatic heterocycles.